The van der Waals surface area contributed by atoms with E-state index in [1.54, 1.807) is 13.1 Å². The van der Waals surface area contributed by atoms with Crippen LogP contribution in [0.15, 0.2) is 53.1 Å². The normalized spacial score (nSPS) is 10.8. The fraction of sp³-hybridized carbons (Fsp3) is 0.182. The van der Waals surface area contributed by atoms with Crippen LogP contribution in [0.2, 0.25) is 5.02 Å². The summed E-state index contributed by atoms with van der Waals surface area (Å²) in [5.41, 5.74) is 9.51. The molecule has 0 atom stereocenters. The van der Waals surface area contributed by atoms with Crippen molar-refractivity contribution in [3.8, 4) is 22.8 Å². The lowest BCUT2D eigenvalue weighted by atomic mass is 10.1. The monoisotopic (exact) mass is 451 g/mol. The number of nitrogen functional groups attached to an aromatic ring is 1. The summed E-state index contributed by atoms with van der Waals surface area (Å²) in [6, 6.07) is 15.1. The fourth-order valence-electron chi connectivity index (χ4n) is 3.15. The fourth-order valence-corrected chi connectivity index (χ4v) is 3.36. The predicted molar refractivity (Wildman–Crippen MR) is 123 cm³/mol. The molecule has 32 heavy (non-hydrogen) atoms. The van der Waals surface area contributed by atoms with Crippen LogP contribution >= 0.6 is 11.6 Å². The molecule has 164 valence electrons. The van der Waals surface area contributed by atoms with Crippen LogP contribution in [0, 0.1) is 6.92 Å². The molecule has 0 aliphatic rings. The maximum atomic E-state index is 12.5. The van der Waals surface area contributed by atoms with Crippen LogP contribution in [0.4, 0.5) is 11.6 Å². The van der Waals surface area contributed by atoms with Gasteiger partial charge in [-0.05, 0) is 18.6 Å². The molecule has 0 aliphatic heterocycles. The highest BCUT2D eigenvalue weighted by Crippen LogP contribution is 2.33. The van der Waals surface area contributed by atoms with Crippen molar-refractivity contribution in [3.63, 3.8) is 0 Å². The Labute approximate surface area is 189 Å². The van der Waals surface area contributed by atoms with Crippen molar-refractivity contribution in [2.75, 3.05) is 18.1 Å². The van der Waals surface area contributed by atoms with Gasteiger partial charge in [0.05, 0.1) is 0 Å². The van der Waals surface area contributed by atoms with E-state index in [4.69, 9.17) is 21.9 Å². The van der Waals surface area contributed by atoms with E-state index in [0.29, 0.717) is 28.8 Å². The number of halogens is 1. The minimum atomic E-state index is -0.265. The first-order valence-corrected chi connectivity index (χ1v) is 10.3. The zero-order valence-electron chi connectivity index (χ0n) is 17.6. The summed E-state index contributed by atoms with van der Waals surface area (Å²) in [4.78, 5) is 16.9. The number of nitrogens with one attached hydrogen (secondary N) is 2. The average molecular weight is 452 g/mol. The number of carbonyl (C=O) groups excluding carboxylic acids is 1. The molecule has 1 amide bonds. The standard InChI is InChI=1S/C22H22ClN7O2/c1-13-7-9-14(10-8-13)20-27-22(32-29-20)18-19(24)30(28-21(18)25-2)12-17(31)26-11-15-5-3-4-6-16(15)23/h3-10H,11-12,24H2,1-2H3,(H,25,28)(H,26,31). The molecule has 0 bridgehead atoms. The Hall–Kier alpha value is -3.85. The Morgan fingerprint density at radius 1 is 1.19 bits per heavy atom. The molecule has 0 spiro atoms. The number of nitrogens with two attached hydrogens (primary N) is 1. The van der Waals surface area contributed by atoms with Gasteiger partial charge < -0.3 is 20.9 Å². The number of aromatic nitrogens is 4. The number of aryl methyl sites for hydroxylation is 1. The smallest absolute Gasteiger partial charge is 0.265 e. The Bertz CT molecular complexity index is 1250. The summed E-state index contributed by atoms with van der Waals surface area (Å²) < 4.78 is 6.83. The molecule has 2 aromatic carbocycles. The van der Waals surface area contributed by atoms with E-state index >= 15 is 0 Å². The molecular weight excluding hydrogens is 430 g/mol. The molecule has 0 fully saturated rings. The van der Waals surface area contributed by atoms with Gasteiger partial charge in [-0.15, -0.1) is 0 Å². The maximum absolute atomic E-state index is 12.5. The van der Waals surface area contributed by atoms with Gasteiger partial charge in [-0.25, -0.2) is 4.68 Å². The van der Waals surface area contributed by atoms with E-state index in [2.05, 4.69) is 25.9 Å². The molecule has 0 saturated heterocycles. The highest BCUT2D eigenvalue weighted by atomic mass is 35.5. The van der Waals surface area contributed by atoms with Gasteiger partial charge >= 0.3 is 0 Å². The molecule has 0 saturated carbocycles. The van der Waals surface area contributed by atoms with Crippen molar-refractivity contribution in [2.45, 2.75) is 20.0 Å². The van der Waals surface area contributed by atoms with Crippen LogP contribution in [0.3, 0.4) is 0 Å². The second kappa shape index (κ2) is 9.11. The van der Waals surface area contributed by atoms with Crippen molar-refractivity contribution in [2.24, 2.45) is 0 Å². The summed E-state index contributed by atoms with van der Waals surface area (Å²) in [7, 11) is 1.70. The van der Waals surface area contributed by atoms with E-state index < -0.39 is 0 Å². The van der Waals surface area contributed by atoms with E-state index in [-0.39, 0.29) is 24.2 Å². The van der Waals surface area contributed by atoms with E-state index in [9.17, 15) is 4.79 Å². The number of carbonyl (C=O) groups is 1. The lowest BCUT2D eigenvalue weighted by Gasteiger charge is -2.08. The quantitative estimate of drug-likeness (QED) is 0.392. The van der Waals surface area contributed by atoms with Gasteiger partial charge in [0, 0.05) is 24.2 Å². The summed E-state index contributed by atoms with van der Waals surface area (Å²) >= 11 is 6.14. The second-order valence-electron chi connectivity index (χ2n) is 7.17. The van der Waals surface area contributed by atoms with Gasteiger partial charge in [0.2, 0.25) is 11.7 Å². The molecular formula is C22H22ClN7O2. The summed E-state index contributed by atoms with van der Waals surface area (Å²) in [6.07, 6.45) is 0. The predicted octanol–water partition coefficient (Wildman–Crippen LogP) is 3.50. The van der Waals surface area contributed by atoms with Crippen LogP contribution < -0.4 is 16.4 Å². The SMILES string of the molecule is CNc1nn(CC(=O)NCc2ccccc2Cl)c(N)c1-c1nc(-c2ccc(C)cc2)no1. The third kappa shape index (κ3) is 4.42. The van der Waals surface area contributed by atoms with Crippen LogP contribution in [0.25, 0.3) is 22.8 Å². The van der Waals surface area contributed by atoms with E-state index in [1.807, 2.05) is 49.4 Å². The Balaban J connectivity index is 1.53. The third-order valence-corrected chi connectivity index (χ3v) is 5.27. The first kappa shape index (κ1) is 21.4. The molecule has 0 radical (unpaired) electrons. The Morgan fingerprint density at radius 3 is 2.66 bits per heavy atom. The number of rotatable bonds is 7. The molecule has 10 heteroatoms. The van der Waals surface area contributed by atoms with Crippen LogP contribution in [0.1, 0.15) is 11.1 Å². The Kier molecular flexibility index (Phi) is 6.09. The van der Waals surface area contributed by atoms with Crippen molar-refractivity contribution < 1.29 is 9.32 Å². The number of hydrogen-bond donors (Lipinski definition) is 3. The lowest BCUT2D eigenvalue weighted by Crippen LogP contribution is -2.28. The topological polar surface area (TPSA) is 124 Å². The first-order chi connectivity index (χ1) is 15.5. The van der Waals surface area contributed by atoms with Gasteiger partial charge in [-0.1, -0.05) is 64.8 Å². The zero-order valence-corrected chi connectivity index (χ0v) is 18.3. The molecule has 4 aromatic rings. The van der Waals surface area contributed by atoms with Gasteiger partial charge in [0.15, 0.2) is 5.82 Å². The van der Waals surface area contributed by atoms with Crippen molar-refractivity contribution >= 4 is 29.1 Å². The van der Waals surface area contributed by atoms with Crippen LogP contribution in [0.5, 0.6) is 0 Å². The largest absolute Gasteiger partial charge is 0.383 e. The minimum Gasteiger partial charge on any atom is -0.383 e. The number of nitrogens with zero attached hydrogens (tertiary/aromatic N) is 4. The van der Waals surface area contributed by atoms with Crippen LogP contribution in [-0.2, 0) is 17.9 Å². The highest BCUT2D eigenvalue weighted by Gasteiger charge is 2.23. The molecule has 2 aromatic heterocycles. The van der Waals surface area contributed by atoms with E-state index in [1.165, 1.54) is 4.68 Å². The average Bonchev–Trinajstić information content (AvgIpc) is 3.38. The van der Waals surface area contributed by atoms with Gasteiger partial charge in [0.25, 0.3) is 5.89 Å². The summed E-state index contributed by atoms with van der Waals surface area (Å²) in [5.74, 6) is 1.05. The van der Waals surface area contributed by atoms with Gasteiger partial charge in [-0.2, -0.15) is 10.1 Å². The number of hydrogen-bond acceptors (Lipinski definition) is 7. The van der Waals surface area contributed by atoms with Crippen LogP contribution in [-0.4, -0.2) is 32.9 Å². The van der Waals surface area contributed by atoms with Crippen molar-refractivity contribution in [1.29, 1.82) is 0 Å². The zero-order chi connectivity index (χ0) is 22.7. The van der Waals surface area contributed by atoms with Crippen molar-refractivity contribution in [3.05, 3.63) is 64.7 Å². The second-order valence-corrected chi connectivity index (χ2v) is 7.58. The summed E-state index contributed by atoms with van der Waals surface area (Å²) in [6.45, 7) is 2.23. The van der Waals surface area contributed by atoms with Gasteiger partial charge in [0.1, 0.15) is 17.9 Å². The molecule has 2 heterocycles. The number of anilines is 2. The van der Waals surface area contributed by atoms with E-state index in [0.717, 1.165) is 16.7 Å². The highest BCUT2D eigenvalue weighted by molar-refractivity contribution is 6.31. The third-order valence-electron chi connectivity index (χ3n) is 4.91. The molecule has 0 aliphatic carbocycles. The molecule has 4 N–H and O–H groups in total. The molecule has 4 rings (SSSR count). The maximum Gasteiger partial charge on any atom is 0.265 e. The molecule has 0 unspecified atom stereocenters. The minimum absolute atomic E-state index is 0.0794. The summed E-state index contributed by atoms with van der Waals surface area (Å²) in [5, 5.41) is 14.8. The number of amides is 1. The lowest BCUT2D eigenvalue weighted by molar-refractivity contribution is -0.121. The van der Waals surface area contributed by atoms with Gasteiger partial charge in [-0.3, -0.25) is 4.79 Å². The molecule has 9 nitrogen and oxygen atoms in total. The van der Waals surface area contributed by atoms with Crippen molar-refractivity contribution in [1.82, 2.24) is 25.2 Å². The Morgan fingerprint density at radius 2 is 1.94 bits per heavy atom. The first-order valence-electron chi connectivity index (χ1n) is 9.91. The number of benzene rings is 2.